The van der Waals surface area contributed by atoms with E-state index in [1.807, 2.05) is 6.92 Å². The van der Waals surface area contributed by atoms with Gasteiger partial charge in [0.05, 0.1) is 17.5 Å². The molecule has 1 unspecified atom stereocenters. The molecule has 1 N–H and O–H groups in total. The molecule has 0 radical (unpaired) electrons. The summed E-state index contributed by atoms with van der Waals surface area (Å²) in [5.41, 5.74) is 0.349. The van der Waals surface area contributed by atoms with Crippen LogP contribution in [0.2, 0.25) is 0 Å². The van der Waals surface area contributed by atoms with Crippen LogP contribution in [-0.2, 0) is 4.79 Å². The number of nitrogens with zero attached hydrogens (tertiary/aromatic N) is 1. The number of thioether (sulfide) groups is 1. The molecule has 0 aromatic rings. The summed E-state index contributed by atoms with van der Waals surface area (Å²) in [6, 6.07) is 0.417. The third kappa shape index (κ3) is 4.24. The Morgan fingerprint density at radius 2 is 2.10 bits per heavy atom. The van der Waals surface area contributed by atoms with Crippen molar-refractivity contribution in [2.75, 3.05) is 12.3 Å². The van der Waals surface area contributed by atoms with Gasteiger partial charge >= 0.3 is 0 Å². The predicted octanol–water partition coefficient (Wildman–Crippen LogP) is 3.88. The first-order chi connectivity index (χ1) is 9.94. The van der Waals surface area contributed by atoms with E-state index in [1.54, 1.807) is 11.8 Å². The number of aliphatic imine (C=N–C) groups is 1. The molecule has 0 aromatic carbocycles. The number of carbonyl (C=O) groups excluding carboxylic acids is 1. The Balaban J connectivity index is 1.91. The molecule has 1 saturated carbocycles. The van der Waals surface area contributed by atoms with Gasteiger partial charge in [-0.3, -0.25) is 9.79 Å². The van der Waals surface area contributed by atoms with E-state index in [1.165, 1.54) is 25.7 Å². The Morgan fingerprint density at radius 1 is 1.43 bits per heavy atom. The lowest BCUT2D eigenvalue weighted by Crippen LogP contribution is -2.36. The maximum Gasteiger partial charge on any atom is 0.226 e. The van der Waals surface area contributed by atoms with Crippen LogP contribution in [0.4, 0.5) is 0 Å². The first-order valence-electron chi connectivity index (χ1n) is 8.41. The molecule has 4 heteroatoms. The molecule has 0 saturated heterocycles. The highest BCUT2D eigenvalue weighted by atomic mass is 32.2. The van der Waals surface area contributed by atoms with E-state index >= 15 is 0 Å². The summed E-state index contributed by atoms with van der Waals surface area (Å²) < 4.78 is 0. The maximum absolute atomic E-state index is 11.7. The van der Waals surface area contributed by atoms with Crippen LogP contribution in [0.3, 0.4) is 0 Å². The van der Waals surface area contributed by atoms with Gasteiger partial charge in [-0.25, -0.2) is 0 Å². The van der Waals surface area contributed by atoms with Gasteiger partial charge in [0.1, 0.15) is 0 Å². The van der Waals surface area contributed by atoms with Crippen LogP contribution in [0.25, 0.3) is 0 Å². The van der Waals surface area contributed by atoms with Gasteiger partial charge in [-0.1, -0.05) is 20.8 Å². The van der Waals surface area contributed by atoms with Crippen LogP contribution in [-0.4, -0.2) is 29.3 Å². The maximum atomic E-state index is 11.7. The first-order valence-corrected chi connectivity index (χ1v) is 9.39. The lowest BCUT2D eigenvalue weighted by atomic mass is 9.66. The standard InChI is InChI=1S/C17H30N2OS/c1-5-18-15(20)10-16-19-14(11-21-16)17(4)8-6-13(7-9-17)12(2)3/h12-14H,5-11H2,1-4H3,(H,18,20). The molecule has 0 bridgehead atoms. The Labute approximate surface area is 133 Å². The van der Waals surface area contributed by atoms with E-state index in [2.05, 4.69) is 26.1 Å². The van der Waals surface area contributed by atoms with E-state index in [9.17, 15) is 4.79 Å². The minimum absolute atomic E-state index is 0.109. The largest absolute Gasteiger partial charge is 0.356 e. The second kappa shape index (κ2) is 7.17. The number of hydrogen-bond donors (Lipinski definition) is 1. The van der Waals surface area contributed by atoms with Gasteiger partial charge in [0.25, 0.3) is 0 Å². The van der Waals surface area contributed by atoms with Crippen molar-refractivity contribution in [2.24, 2.45) is 22.2 Å². The number of carbonyl (C=O) groups is 1. The van der Waals surface area contributed by atoms with Crippen LogP contribution in [0.1, 0.15) is 59.8 Å². The molecule has 0 aromatic heterocycles. The van der Waals surface area contributed by atoms with Crippen LogP contribution < -0.4 is 5.32 Å². The normalized spacial score (nSPS) is 33.1. The van der Waals surface area contributed by atoms with Crippen molar-refractivity contribution >= 4 is 22.7 Å². The Kier molecular flexibility index (Phi) is 5.75. The first kappa shape index (κ1) is 16.9. The van der Waals surface area contributed by atoms with Gasteiger partial charge in [-0.15, -0.1) is 11.8 Å². The Hall–Kier alpha value is -0.510. The van der Waals surface area contributed by atoms with Crippen molar-refractivity contribution < 1.29 is 4.79 Å². The van der Waals surface area contributed by atoms with Crippen LogP contribution >= 0.6 is 11.8 Å². The quantitative estimate of drug-likeness (QED) is 0.837. The summed E-state index contributed by atoms with van der Waals surface area (Å²) in [6.07, 6.45) is 5.74. The molecule has 2 aliphatic rings. The minimum atomic E-state index is 0.109. The molecular formula is C17H30N2OS. The third-order valence-corrected chi connectivity index (χ3v) is 6.38. The van der Waals surface area contributed by atoms with Crippen molar-refractivity contribution in [3.8, 4) is 0 Å². The molecule has 1 fully saturated rings. The molecule has 1 amide bonds. The zero-order chi connectivity index (χ0) is 15.5. The summed E-state index contributed by atoms with van der Waals surface area (Å²) in [6.45, 7) is 9.77. The Morgan fingerprint density at radius 3 is 2.67 bits per heavy atom. The third-order valence-electron chi connectivity index (χ3n) is 5.31. The summed E-state index contributed by atoms with van der Waals surface area (Å²) in [4.78, 5) is 16.6. The fourth-order valence-corrected chi connectivity index (χ4v) is 4.84. The molecule has 1 aliphatic carbocycles. The Bertz CT molecular complexity index is 398. The van der Waals surface area contributed by atoms with Crippen LogP contribution in [0.15, 0.2) is 4.99 Å². The number of nitrogens with one attached hydrogen (secondary N) is 1. The molecule has 3 nitrogen and oxygen atoms in total. The predicted molar refractivity (Wildman–Crippen MR) is 91.9 cm³/mol. The van der Waals surface area contributed by atoms with Crippen molar-refractivity contribution in [3.05, 3.63) is 0 Å². The lowest BCUT2D eigenvalue weighted by Gasteiger charge is -2.41. The van der Waals surface area contributed by atoms with Gasteiger partial charge in [0, 0.05) is 12.3 Å². The average Bonchev–Trinajstić information content (AvgIpc) is 2.88. The zero-order valence-electron chi connectivity index (χ0n) is 13.9. The lowest BCUT2D eigenvalue weighted by molar-refractivity contribution is -0.119. The van der Waals surface area contributed by atoms with E-state index in [-0.39, 0.29) is 5.91 Å². The number of rotatable bonds is 5. The van der Waals surface area contributed by atoms with Crippen molar-refractivity contribution in [2.45, 2.75) is 65.8 Å². The molecule has 2 rings (SSSR count). The van der Waals surface area contributed by atoms with E-state index in [4.69, 9.17) is 4.99 Å². The van der Waals surface area contributed by atoms with E-state index in [0.717, 1.165) is 22.6 Å². The van der Waals surface area contributed by atoms with Crippen LogP contribution in [0, 0.1) is 17.3 Å². The number of amides is 1. The van der Waals surface area contributed by atoms with Gasteiger partial charge in [0.15, 0.2) is 0 Å². The highest BCUT2D eigenvalue weighted by Crippen LogP contribution is 2.46. The minimum Gasteiger partial charge on any atom is -0.356 e. The fraction of sp³-hybridized carbons (Fsp3) is 0.882. The highest BCUT2D eigenvalue weighted by Gasteiger charge is 2.40. The molecule has 120 valence electrons. The van der Waals surface area contributed by atoms with Crippen molar-refractivity contribution in [1.82, 2.24) is 5.32 Å². The molecule has 1 atom stereocenters. The summed E-state index contributed by atoms with van der Waals surface area (Å²) in [5, 5.41) is 3.90. The summed E-state index contributed by atoms with van der Waals surface area (Å²) >= 11 is 1.79. The highest BCUT2D eigenvalue weighted by molar-refractivity contribution is 8.14. The second-order valence-corrected chi connectivity index (χ2v) is 8.31. The smallest absolute Gasteiger partial charge is 0.226 e. The molecular weight excluding hydrogens is 280 g/mol. The topological polar surface area (TPSA) is 41.5 Å². The molecule has 1 aliphatic heterocycles. The molecule has 21 heavy (non-hydrogen) atoms. The van der Waals surface area contributed by atoms with Crippen molar-refractivity contribution in [1.29, 1.82) is 0 Å². The van der Waals surface area contributed by atoms with E-state index < -0.39 is 0 Å². The molecule has 1 heterocycles. The van der Waals surface area contributed by atoms with Gasteiger partial charge in [-0.2, -0.15) is 0 Å². The van der Waals surface area contributed by atoms with Gasteiger partial charge in [0.2, 0.25) is 5.91 Å². The fourth-order valence-electron chi connectivity index (χ4n) is 3.57. The summed E-state index contributed by atoms with van der Waals surface area (Å²) in [7, 11) is 0. The van der Waals surface area contributed by atoms with Crippen LogP contribution in [0.5, 0.6) is 0 Å². The zero-order valence-corrected chi connectivity index (χ0v) is 14.8. The van der Waals surface area contributed by atoms with Gasteiger partial charge < -0.3 is 5.32 Å². The average molecular weight is 311 g/mol. The van der Waals surface area contributed by atoms with Gasteiger partial charge in [-0.05, 0) is 49.9 Å². The molecule has 0 spiro atoms. The van der Waals surface area contributed by atoms with E-state index in [0.29, 0.717) is 24.4 Å². The second-order valence-electron chi connectivity index (χ2n) is 7.22. The monoisotopic (exact) mass is 310 g/mol. The SMILES string of the molecule is CCNC(=O)CC1=NC(C2(C)CCC(C(C)C)CC2)CS1. The summed E-state index contributed by atoms with van der Waals surface area (Å²) in [5.74, 6) is 2.88. The van der Waals surface area contributed by atoms with Crippen molar-refractivity contribution in [3.63, 3.8) is 0 Å². The number of hydrogen-bond acceptors (Lipinski definition) is 3.